The standard InChI is InChI=1S/C25H28F2N4O3/c26-20-6-3-7-21(27)19(20)16-30-12-9-17(10-13-30)25(22-8-1-2-11-28-22)23(32)31(24(33)29-25)15-18-5-4-14-34-18/h1-3,6-8,11,17-18H,4-5,9-10,12-16H2,(H,29,33)/t18-,25-/m1/s1. The second-order valence-electron chi connectivity index (χ2n) is 9.25. The lowest BCUT2D eigenvalue weighted by molar-refractivity contribution is -0.135. The molecule has 3 aliphatic heterocycles. The SMILES string of the molecule is O=C1N[C@@](c2ccccn2)(C2CCN(Cc3c(F)cccc3F)CC2)C(=O)N1C[C@H]1CCCO1. The molecule has 1 N–H and O–H groups in total. The number of nitrogens with zero attached hydrogens (tertiary/aromatic N) is 3. The van der Waals surface area contributed by atoms with E-state index >= 15 is 0 Å². The van der Waals surface area contributed by atoms with E-state index in [-0.39, 0.29) is 36.6 Å². The second-order valence-corrected chi connectivity index (χ2v) is 9.25. The predicted molar refractivity (Wildman–Crippen MR) is 119 cm³/mol. The average Bonchev–Trinajstić information content (AvgIpc) is 3.45. The first-order valence-corrected chi connectivity index (χ1v) is 11.8. The maximum absolute atomic E-state index is 14.1. The van der Waals surface area contributed by atoms with Gasteiger partial charge in [-0.2, -0.15) is 0 Å². The molecule has 1 aromatic carbocycles. The lowest BCUT2D eigenvalue weighted by atomic mass is 9.75. The highest BCUT2D eigenvalue weighted by atomic mass is 19.1. The Morgan fingerprint density at radius 2 is 1.82 bits per heavy atom. The number of halogens is 2. The van der Waals surface area contributed by atoms with Gasteiger partial charge in [0.05, 0.1) is 18.3 Å². The Balaban J connectivity index is 1.36. The number of rotatable bonds is 6. The first kappa shape index (κ1) is 22.9. The molecule has 3 fully saturated rings. The average molecular weight is 471 g/mol. The summed E-state index contributed by atoms with van der Waals surface area (Å²) in [6.07, 6.45) is 4.36. The summed E-state index contributed by atoms with van der Waals surface area (Å²) in [6.45, 7) is 2.11. The molecular weight excluding hydrogens is 442 g/mol. The molecule has 0 aliphatic carbocycles. The van der Waals surface area contributed by atoms with E-state index in [1.807, 2.05) is 11.0 Å². The molecule has 3 amide bonds. The van der Waals surface area contributed by atoms with Crippen LogP contribution in [0.15, 0.2) is 42.6 Å². The van der Waals surface area contributed by atoms with Gasteiger partial charge in [-0.1, -0.05) is 12.1 Å². The number of piperidine rings is 1. The van der Waals surface area contributed by atoms with Crippen molar-refractivity contribution >= 4 is 11.9 Å². The largest absolute Gasteiger partial charge is 0.376 e. The lowest BCUT2D eigenvalue weighted by Gasteiger charge is -2.40. The lowest BCUT2D eigenvalue weighted by Crippen LogP contribution is -2.54. The van der Waals surface area contributed by atoms with E-state index < -0.39 is 23.2 Å². The van der Waals surface area contributed by atoms with Crippen molar-refractivity contribution in [3.63, 3.8) is 0 Å². The Morgan fingerprint density at radius 3 is 2.47 bits per heavy atom. The molecule has 0 unspecified atom stereocenters. The van der Waals surface area contributed by atoms with E-state index in [0.29, 0.717) is 38.2 Å². The Morgan fingerprint density at radius 1 is 1.06 bits per heavy atom. The predicted octanol–water partition coefficient (Wildman–Crippen LogP) is 3.20. The number of carbonyl (C=O) groups excluding carboxylic acids is 2. The number of ether oxygens (including phenoxy) is 1. The first-order valence-electron chi connectivity index (χ1n) is 11.8. The molecule has 5 rings (SSSR count). The van der Waals surface area contributed by atoms with Crippen LogP contribution in [0.4, 0.5) is 13.6 Å². The monoisotopic (exact) mass is 470 g/mol. The molecule has 1 aromatic heterocycles. The number of hydrogen-bond acceptors (Lipinski definition) is 5. The van der Waals surface area contributed by atoms with Crippen molar-refractivity contribution in [3.8, 4) is 0 Å². The van der Waals surface area contributed by atoms with E-state index in [2.05, 4.69) is 10.3 Å². The maximum atomic E-state index is 14.1. The number of urea groups is 1. The van der Waals surface area contributed by atoms with E-state index in [4.69, 9.17) is 4.74 Å². The van der Waals surface area contributed by atoms with Gasteiger partial charge in [-0.15, -0.1) is 0 Å². The summed E-state index contributed by atoms with van der Waals surface area (Å²) in [6, 6.07) is 8.80. The molecule has 0 bridgehead atoms. The molecule has 34 heavy (non-hydrogen) atoms. The molecule has 2 atom stereocenters. The number of likely N-dealkylation sites (tertiary alicyclic amines) is 1. The minimum Gasteiger partial charge on any atom is -0.376 e. The van der Waals surface area contributed by atoms with Gasteiger partial charge >= 0.3 is 6.03 Å². The zero-order valence-electron chi connectivity index (χ0n) is 18.9. The Bertz CT molecular complexity index is 1040. The minimum absolute atomic E-state index is 0.0494. The number of nitrogens with one attached hydrogen (secondary N) is 1. The van der Waals surface area contributed by atoms with Crippen molar-refractivity contribution in [1.82, 2.24) is 20.1 Å². The van der Waals surface area contributed by atoms with Crippen LogP contribution >= 0.6 is 0 Å². The molecule has 0 spiro atoms. The van der Waals surface area contributed by atoms with Crippen molar-refractivity contribution < 1.29 is 23.1 Å². The third-order valence-corrected chi connectivity index (χ3v) is 7.25. The zero-order chi connectivity index (χ0) is 23.7. The number of hydrogen-bond donors (Lipinski definition) is 1. The number of benzene rings is 1. The van der Waals surface area contributed by atoms with Crippen LogP contribution in [0.1, 0.15) is 36.9 Å². The van der Waals surface area contributed by atoms with E-state index in [0.717, 1.165) is 12.8 Å². The molecule has 180 valence electrons. The molecule has 0 saturated carbocycles. The van der Waals surface area contributed by atoms with Gasteiger partial charge in [0.2, 0.25) is 0 Å². The van der Waals surface area contributed by atoms with Crippen LogP contribution < -0.4 is 5.32 Å². The highest BCUT2D eigenvalue weighted by Gasteiger charge is 2.58. The van der Waals surface area contributed by atoms with E-state index in [1.54, 1.807) is 18.3 Å². The van der Waals surface area contributed by atoms with E-state index in [9.17, 15) is 18.4 Å². The second kappa shape index (κ2) is 9.38. The van der Waals surface area contributed by atoms with Crippen LogP contribution in [-0.2, 0) is 21.6 Å². The molecule has 2 aromatic rings. The molecule has 9 heteroatoms. The molecule has 0 radical (unpaired) electrons. The zero-order valence-corrected chi connectivity index (χ0v) is 18.9. The first-order chi connectivity index (χ1) is 16.5. The summed E-state index contributed by atoms with van der Waals surface area (Å²) in [7, 11) is 0. The van der Waals surface area contributed by atoms with Crippen LogP contribution in [0.5, 0.6) is 0 Å². The summed E-state index contributed by atoms with van der Waals surface area (Å²) < 4.78 is 33.9. The van der Waals surface area contributed by atoms with Gasteiger partial charge < -0.3 is 10.1 Å². The number of amides is 3. The summed E-state index contributed by atoms with van der Waals surface area (Å²) in [5.41, 5.74) is -0.693. The Hall–Kier alpha value is -2.91. The molecule has 3 saturated heterocycles. The quantitative estimate of drug-likeness (QED) is 0.657. The van der Waals surface area contributed by atoms with Gasteiger partial charge in [0.1, 0.15) is 11.6 Å². The van der Waals surface area contributed by atoms with Crippen LogP contribution in [0.25, 0.3) is 0 Å². The third kappa shape index (κ3) is 4.07. The van der Waals surface area contributed by atoms with Crippen LogP contribution in [-0.4, -0.2) is 59.1 Å². The van der Waals surface area contributed by atoms with Crippen molar-refractivity contribution in [2.45, 2.75) is 43.9 Å². The fraction of sp³-hybridized carbons (Fsp3) is 0.480. The van der Waals surface area contributed by atoms with Gasteiger partial charge in [-0.3, -0.25) is 19.6 Å². The Labute approximate surface area is 197 Å². The third-order valence-electron chi connectivity index (χ3n) is 7.25. The van der Waals surface area contributed by atoms with Crippen molar-refractivity contribution in [3.05, 3.63) is 65.5 Å². The minimum atomic E-state index is -1.26. The molecule has 7 nitrogen and oxygen atoms in total. The number of carbonyl (C=O) groups is 2. The van der Waals surface area contributed by atoms with E-state index in [1.165, 1.54) is 23.1 Å². The fourth-order valence-corrected chi connectivity index (χ4v) is 5.44. The van der Waals surface area contributed by atoms with Gasteiger partial charge in [0.25, 0.3) is 5.91 Å². The van der Waals surface area contributed by atoms with Gasteiger partial charge in [-0.25, -0.2) is 13.6 Å². The summed E-state index contributed by atoms with van der Waals surface area (Å²) in [5, 5.41) is 2.99. The molecule has 4 heterocycles. The normalized spacial score (nSPS) is 26.3. The maximum Gasteiger partial charge on any atom is 0.325 e. The van der Waals surface area contributed by atoms with Crippen LogP contribution in [0.3, 0.4) is 0 Å². The topological polar surface area (TPSA) is 74.8 Å². The summed E-state index contributed by atoms with van der Waals surface area (Å²) >= 11 is 0. The van der Waals surface area contributed by atoms with Gasteiger partial charge in [-0.05, 0) is 69.0 Å². The summed E-state index contributed by atoms with van der Waals surface area (Å²) in [5.74, 6) is -1.62. The summed E-state index contributed by atoms with van der Waals surface area (Å²) in [4.78, 5) is 34.5. The Kier molecular flexibility index (Phi) is 6.31. The van der Waals surface area contributed by atoms with Crippen molar-refractivity contribution in [1.29, 1.82) is 0 Å². The highest BCUT2D eigenvalue weighted by molar-refractivity contribution is 6.07. The highest BCUT2D eigenvalue weighted by Crippen LogP contribution is 2.41. The smallest absolute Gasteiger partial charge is 0.325 e. The number of imide groups is 1. The molecule has 3 aliphatic rings. The molecular formula is C25H28F2N4O3. The van der Waals surface area contributed by atoms with Gasteiger partial charge in [0, 0.05) is 24.9 Å². The number of aromatic nitrogens is 1. The number of pyridine rings is 1. The fourth-order valence-electron chi connectivity index (χ4n) is 5.44. The van der Waals surface area contributed by atoms with Crippen molar-refractivity contribution in [2.75, 3.05) is 26.2 Å². The van der Waals surface area contributed by atoms with Crippen LogP contribution in [0.2, 0.25) is 0 Å². The van der Waals surface area contributed by atoms with Crippen LogP contribution in [0, 0.1) is 17.6 Å². The van der Waals surface area contributed by atoms with Gasteiger partial charge in [0.15, 0.2) is 5.54 Å². The van der Waals surface area contributed by atoms with Crippen molar-refractivity contribution in [2.24, 2.45) is 5.92 Å².